The van der Waals surface area contributed by atoms with Crippen LogP contribution < -0.4 is 5.56 Å². The summed E-state index contributed by atoms with van der Waals surface area (Å²) in [5.74, 6) is -1.09. The Morgan fingerprint density at radius 3 is 2.84 bits per heavy atom. The van der Waals surface area contributed by atoms with E-state index >= 15 is 0 Å². The molecule has 0 saturated carbocycles. The van der Waals surface area contributed by atoms with Crippen LogP contribution in [0.2, 0.25) is 0 Å². The van der Waals surface area contributed by atoms with Crippen LogP contribution in [0.25, 0.3) is 0 Å². The molecule has 0 aliphatic carbocycles. The minimum atomic E-state index is -0.951. The van der Waals surface area contributed by atoms with Gasteiger partial charge in [-0.2, -0.15) is 10.1 Å². The number of carboxylic acids is 1. The second-order valence-corrected chi connectivity index (χ2v) is 4.78. The molecule has 0 saturated heterocycles. The second kappa shape index (κ2) is 5.70. The monoisotopic (exact) mass is 280 g/mol. The van der Waals surface area contributed by atoms with Gasteiger partial charge in [0, 0.05) is 25.5 Å². The van der Waals surface area contributed by atoms with Crippen LogP contribution >= 0.6 is 11.8 Å². The van der Waals surface area contributed by atoms with Crippen molar-refractivity contribution in [2.45, 2.75) is 11.7 Å². The van der Waals surface area contributed by atoms with Gasteiger partial charge in [0.15, 0.2) is 5.16 Å². The summed E-state index contributed by atoms with van der Waals surface area (Å²) in [6, 6.07) is 3.19. The average molecular weight is 280 g/mol. The first kappa shape index (κ1) is 13.3. The summed E-state index contributed by atoms with van der Waals surface area (Å²) in [7, 11) is 1.81. The maximum absolute atomic E-state index is 11.2. The van der Waals surface area contributed by atoms with Gasteiger partial charge in [-0.3, -0.25) is 14.3 Å². The highest BCUT2D eigenvalue weighted by Crippen LogP contribution is 2.14. The molecule has 7 nitrogen and oxygen atoms in total. The lowest BCUT2D eigenvalue weighted by atomic mass is 10.4. The molecule has 1 N–H and O–H groups in total. The molecule has 2 heterocycles. The van der Waals surface area contributed by atoms with Crippen molar-refractivity contribution >= 4 is 17.7 Å². The molecular weight excluding hydrogens is 268 g/mol. The normalized spacial score (nSPS) is 10.6. The minimum absolute atomic E-state index is 0.140. The number of rotatable bonds is 5. The van der Waals surface area contributed by atoms with Crippen molar-refractivity contribution in [1.82, 2.24) is 19.3 Å². The minimum Gasteiger partial charge on any atom is -0.481 e. The molecule has 0 unspecified atom stereocenters. The molecule has 8 heteroatoms. The molecule has 0 aromatic carbocycles. The van der Waals surface area contributed by atoms with Gasteiger partial charge in [0.2, 0.25) is 0 Å². The Balaban J connectivity index is 2.23. The van der Waals surface area contributed by atoms with Crippen molar-refractivity contribution in [3.8, 4) is 0 Å². The highest BCUT2D eigenvalue weighted by molar-refractivity contribution is 7.99. The Kier molecular flexibility index (Phi) is 4.00. The molecule has 100 valence electrons. The number of carboxylic acid groups (broad SMARTS) is 1. The van der Waals surface area contributed by atoms with Crippen LogP contribution in [0.15, 0.2) is 34.5 Å². The molecule has 2 rings (SSSR count). The topological polar surface area (TPSA) is 90.0 Å². The van der Waals surface area contributed by atoms with Crippen LogP contribution in [-0.2, 0) is 18.4 Å². The van der Waals surface area contributed by atoms with Crippen molar-refractivity contribution in [3.63, 3.8) is 0 Å². The Morgan fingerprint density at radius 1 is 1.42 bits per heavy atom. The van der Waals surface area contributed by atoms with Crippen LogP contribution in [0.1, 0.15) is 5.69 Å². The van der Waals surface area contributed by atoms with Gasteiger partial charge in [-0.05, 0) is 6.07 Å². The van der Waals surface area contributed by atoms with Gasteiger partial charge in [0.25, 0.3) is 5.56 Å². The lowest BCUT2D eigenvalue weighted by molar-refractivity contribution is -0.133. The van der Waals surface area contributed by atoms with Gasteiger partial charge in [0.1, 0.15) is 0 Å². The summed E-state index contributed by atoms with van der Waals surface area (Å²) in [5.41, 5.74) is 0.426. The van der Waals surface area contributed by atoms with E-state index < -0.39 is 5.97 Å². The SMILES string of the molecule is Cn1ccc(Cn2ccc(=O)nc2SCC(=O)O)n1. The first-order valence-electron chi connectivity index (χ1n) is 5.45. The predicted molar refractivity (Wildman–Crippen MR) is 69.2 cm³/mol. The van der Waals surface area contributed by atoms with E-state index in [1.54, 1.807) is 15.4 Å². The number of hydrogen-bond acceptors (Lipinski definition) is 5. The maximum Gasteiger partial charge on any atom is 0.313 e. The largest absolute Gasteiger partial charge is 0.481 e. The van der Waals surface area contributed by atoms with E-state index in [4.69, 9.17) is 5.11 Å². The lowest BCUT2D eigenvalue weighted by Crippen LogP contribution is -2.15. The molecule has 0 fully saturated rings. The van der Waals surface area contributed by atoms with E-state index in [0.29, 0.717) is 11.7 Å². The van der Waals surface area contributed by atoms with Crippen LogP contribution in [-0.4, -0.2) is 36.2 Å². The van der Waals surface area contributed by atoms with E-state index in [0.717, 1.165) is 17.5 Å². The third-order valence-corrected chi connectivity index (χ3v) is 3.25. The zero-order valence-electron chi connectivity index (χ0n) is 10.2. The third kappa shape index (κ3) is 3.68. The number of nitrogens with zero attached hydrogens (tertiary/aromatic N) is 4. The Morgan fingerprint density at radius 2 is 2.21 bits per heavy atom. The van der Waals surface area contributed by atoms with Crippen molar-refractivity contribution < 1.29 is 9.90 Å². The Bertz CT molecular complexity index is 649. The van der Waals surface area contributed by atoms with Crippen LogP contribution in [0.3, 0.4) is 0 Å². The van der Waals surface area contributed by atoms with Crippen LogP contribution in [0, 0.1) is 0 Å². The van der Waals surface area contributed by atoms with Crippen molar-refractivity contribution in [2.75, 3.05) is 5.75 Å². The molecule has 0 amide bonds. The number of aliphatic carboxylic acids is 1. The van der Waals surface area contributed by atoms with E-state index in [9.17, 15) is 9.59 Å². The summed E-state index contributed by atoms with van der Waals surface area (Å²) in [4.78, 5) is 25.6. The number of thioether (sulfide) groups is 1. The van der Waals surface area contributed by atoms with Gasteiger partial charge in [-0.15, -0.1) is 0 Å². The van der Waals surface area contributed by atoms with Gasteiger partial charge >= 0.3 is 5.97 Å². The fourth-order valence-corrected chi connectivity index (χ4v) is 2.20. The summed E-state index contributed by atoms with van der Waals surface area (Å²) in [6.07, 6.45) is 3.41. The van der Waals surface area contributed by atoms with E-state index in [2.05, 4.69) is 10.1 Å². The Hall–Kier alpha value is -2.09. The summed E-state index contributed by atoms with van der Waals surface area (Å²) in [5, 5.41) is 13.3. The van der Waals surface area contributed by atoms with Gasteiger partial charge in [-0.1, -0.05) is 11.8 Å². The fraction of sp³-hybridized carbons (Fsp3) is 0.273. The highest BCUT2D eigenvalue weighted by Gasteiger charge is 2.08. The molecule has 2 aromatic heterocycles. The van der Waals surface area contributed by atoms with Gasteiger partial charge in [-0.25, -0.2) is 0 Å². The summed E-state index contributed by atoms with van der Waals surface area (Å²) < 4.78 is 3.38. The van der Waals surface area contributed by atoms with Crippen molar-refractivity contribution in [1.29, 1.82) is 0 Å². The summed E-state index contributed by atoms with van der Waals surface area (Å²) >= 11 is 1.01. The molecule has 19 heavy (non-hydrogen) atoms. The molecule has 0 atom stereocenters. The molecule has 0 aliphatic rings. The fourth-order valence-electron chi connectivity index (χ4n) is 1.50. The number of aryl methyl sites for hydroxylation is 1. The molecule has 0 bridgehead atoms. The van der Waals surface area contributed by atoms with Crippen molar-refractivity contribution in [2.24, 2.45) is 7.05 Å². The summed E-state index contributed by atoms with van der Waals surface area (Å²) in [6.45, 7) is 0.441. The quantitative estimate of drug-likeness (QED) is 0.621. The number of aromatic nitrogens is 4. The van der Waals surface area contributed by atoms with E-state index in [1.807, 2.05) is 19.3 Å². The van der Waals surface area contributed by atoms with Crippen molar-refractivity contribution in [3.05, 3.63) is 40.6 Å². The highest BCUT2D eigenvalue weighted by atomic mass is 32.2. The van der Waals surface area contributed by atoms with Gasteiger partial charge in [0.05, 0.1) is 18.0 Å². The first-order valence-corrected chi connectivity index (χ1v) is 6.44. The molecular formula is C11H12N4O3S. The predicted octanol–water partition coefficient (Wildman–Crippen LogP) is 0.202. The molecule has 0 aliphatic heterocycles. The molecule has 0 spiro atoms. The number of hydrogen-bond donors (Lipinski definition) is 1. The standard InChI is InChI=1S/C11H12N4O3S/c1-14-4-2-8(13-14)6-15-5-3-9(16)12-11(15)19-7-10(17)18/h2-5H,6-7H2,1H3,(H,17,18). The first-order chi connectivity index (χ1) is 9.04. The van der Waals surface area contributed by atoms with Crippen LogP contribution in [0.5, 0.6) is 0 Å². The zero-order chi connectivity index (χ0) is 13.8. The van der Waals surface area contributed by atoms with Gasteiger partial charge < -0.3 is 9.67 Å². The zero-order valence-corrected chi connectivity index (χ0v) is 11.0. The molecule has 0 radical (unpaired) electrons. The lowest BCUT2D eigenvalue weighted by Gasteiger charge is -2.09. The smallest absolute Gasteiger partial charge is 0.313 e. The Labute approximate surface area is 112 Å². The second-order valence-electron chi connectivity index (χ2n) is 3.84. The van der Waals surface area contributed by atoms with E-state index in [-0.39, 0.29) is 11.3 Å². The van der Waals surface area contributed by atoms with E-state index in [1.165, 1.54) is 6.07 Å². The molecule has 2 aromatic rings. The maximum atomic E-state index is 11.2. The van der Waals surface area contributed by atoms with Crippen LogP contribution in [0.4, 0.5) is 0 Å². The average Bonchev–Trinajstić information content (AvgIpc) is 2.75. The third-order valence-electron chi connectivity index (χ3n) is 2.27. The number of carbonyl (C=O) groups is 1.